The third-order valence-electron chi connectivity index (χ3n) is 1.06. The molecule has 0 aliphatic rings. The number of nitrogens with one attached hydrogen (secondary N) is 1. The Morgan fingerprint density at radius 1 is 1.60 bits per heavy atom. The van der Waals surface area contributed by atoms with Crippen molar-refractivity contribution in [3.05, 3.63) is 23.8 Å². The lowest BCUT2D eigenvalue weighted by Gasteiger charge is -1.95. The van der Waals surface area contributed by atoms with Crippen molar-refractivity contribution in [3.63, 3.8) is 0 Å². The summed E-state index contributed by atoms with van der Waals surface area (Å²) in [6.45, 7) is 0. The van der Waals surface area contributed by atoms with Crippen LogP contribution in [0.5, 0.6) is 0 Å². The van der Waals surface area contributed by atoms with Gasteiger partial charge in [-0.05, 0) is 12.1 Å². The number of aromatic nitrogens is 1. The topological polar surface area (TPSA) is 62.8 Å². The molecular weight excluding hydrogens is 133 g/mol. The average molecular weight is 139 g/mol. The van der Waals surface area contributed by atoms with Gasteiger partial charge in [0.15, 0.2) is 0 Å². The molecule has 3 N–H and O–H groups in total. The summed E-state index contributed by atoms with van der Waals surface area (Å²) in [4.78, 5) is 3.36. The van der Waals surface area contributed by atoms with Crippen LogP contribution in [-0.2, 0) is 0 Å². The molecule has 0 amide bonds. The summed E-state index contributed by atoms with van der Waals surface area (Å²) in [6, 6.07) is 2.53. The van der Waals surface area contributed by atoms with Gasteiger partial charge in [-0.3, -0.25) is 0 Å². The fraction of sp³-hybridized carbons (Fsp3) is 0. The number of rotatable bonds is 1. The highest BCUT2D eigenvalue weighted by Gasteiger charge is 1.97. The van der Waals surface area contributed by atoms with Crippen LogP contribution in [0.15, 0.2) is 12.1 Å². The minimum absolute atomic E-state index is 0.167. The van der Waals surface area contributed by atoms with E-state index < -0.39 is 5.95 Å². The smallest absolute Gasteiger partial charge is 0.213 e. The second-order valence-electron chi connectivity index (χ2n) is 1.75. The average Bonchev–Trinajstić information content (AvgIpc) is 1.94. The first-order valence-electron chi connectivity index (χ1n) is 2.66. The normalized spacial score (nSPS) is 9.30. The molecule has 0 aromatic carbocycles. The fourth-order valence-electron chi connectivity index (χ4n) is 0.576. The Morgan fingerprint density at radius 3 is 2.80 bits per heavy atom. The molecular formula is C6H6FN3. The number of nitrogens with zero attached hydrogens (tertiary/aromatic N) is 1. The van der Waals surface area contributed by atoms with Crippen molar-refractivity contribution in [2.24, 2.45) is 0 Å². The van der Waals surface area contributed by atoms with Crippen molar-refractivity contribution in [1.82, 2.24) is 4.98 Å². The lowest BCUT2D eigenvalue weighted by atomic mass is 10.3. The van der Waals surface area contributed by atoms with Crippen molar-refractivity contribution in [3.8, 4) is 0 Å². The highest BCUT2D eigenvalue weighted by Crippen LogP contribution is 2.05. The number of hydrogen-bond donors (Lipinski definition) is 2. The second-order valence-corrected chi connectivity index (χ2v) is 1.75. The van der Waals surface area contributed by atoms with Crippen molar-refractivity contribution in [2.45, 2.75) is 0 Å². The molecule has 4 heteroatoms. The van der Waals surface area contributed by atoms with E-state index in [9.17, 15) is 4.39 Å². The van der Waals surface area contributed by atoms with Crippen LogP contribution in [0.25, 0.3) is 0 Å². The van der Waals surface area contributed by atoms with Gasteiger partial charge in [0, 0.05) is 6.21 Å². The number of halogens is 1. The van der Waals surface area contributed by atoms with Crippen LogP contribution in [0.4, 0.5) is 10.1 Å². The van der Waals surface area contributed by atoms with Crippen molar-refractivity contribution < 1.29 is 4.39 Å². The number of pyridine rings is 1. The molecule has 52 valence electrons. The lowest BCUT2D eigenvalue weighted by Crippen LogP contribution is -1.97. The molecule has 0 aliphatic heterocycles. The summed E-state index contributed by atoms with van der Waals surface area (Å²) in [5.41, 5.74) is 5.80. The Kier molecular flexibility index (Phi) is 1.62. The van der Waals surface area contributed by atoms with Crippen molar-refractivity contribution in [2.75, 3.05) is 5.73 Å². The lowest BCUT2D eigenvalue weighted by molar-refractivity contribution is 0.583. The Bertz CT molecular complexity index is 259. The van der Waals surface area contributed by atoms with Crippen LogP contribution in [0.1, 0.15) is 5.69 Å². The number of nitrogens with two attached hydrogens (primary N) is 1. The quantitative estimate of drug-likeness (QED) is 0.446. The first-order valence-corrected chi connectivity index (χ1v) is 2.66. The van der Waals surface area contributed by atoms with Crippen LogP contribution in [0, 0.1) is 11.4 Å². The minimum atomic E-state index is -0.618. The van der Waals surface area contributed by atoms with E-state index in [-0.39, 0.29) is 5.69 Å². The van der Waals surface area contributed by atoms with Gasteiger partial charge in [-0.25, -0.2) is 4.98 Å². The number of hydrogen-bond acceptors (Lipinski definition) is 3. The van der Waals surface area contributed by atoms with Gasteiger partial charge in [0.25, 0.3) is 0 Å². The maximum atomic E-state index is 12.3. The summed E-state index contributed by atoms with van der Waals surface area (Å²) in [5, 5.41) is 6.75. The van der Waals surface area contributed by atoms with Crippen LogP contribution in [0.2, 0.25) is 0 Å². The van der Waals surface area contributed by atoms with E-state index in [1.54, 1.807) is 0 Å². The third-order valence-corrected chi connectivity index (χ3v) is 1.06. The molecule has 0 saturated heterocycles. The van der Waals surface area contributed by atoms with E-state index in [4.69, 9.17) is 11.1 Å². The molecule has 1 heterocycles. The van der Waals surface area contributed by atoms with Gasteiger partial charge < -0.3 is 11.1 Å². The number of nitrogen functional groups attached to an aromatic ring is 1. The van der Waals surface area contributed by atoms with Gasteiger partial charge in [-0.1, -0.05) is 0 Å². The Hall–Kier alpha value is -1.45. The van der Waals surface area contributed by atoms with E-state index in [2.05, 4.69) is 4.98 Å². The molecule has 0 atom stereocenters. The maximum Gasteiger partial charge on any atom is 0.213 e. The summed E-state index contributed by atoms with van der Waals surface area (Å²) >= 11 is 0. The van der Waals surface area contributed by atoms with Crippen LogP contribution in [-0.4, -0.2) is 11.2 Å². The van der Waals surface area contributed by atoms with E-state index in [1.807, 2.05) is 0 Å². The van der Waals surface area contributed by atoms with Gasteiger partial charge in [-0.15, -0.1) is 0 Å². The van der Waals surface area contributed by atoms with Crippen molar-refractivity contribution >= 4 is 11.9 Å². The molecule has 0 fully saturated rings. The summed E-state index contributed by atoms with van der Waals surface area (Å²) in [7, 11) is 0. The van der Waals surface area contributed by atoms with Gasteiger partial charge in [0.2, 0.25) is 5.95 Å². The van der Waals surface area contributed by atoms with Gasteiger partial charge in [0.1, 0.15) is 5.69 Å². The zero-order valence-electron chi connectivity index (χ0n) is 5.13. The molecule has 0 unspecified atom stereocenters. The first kappa shape index (κ1) is 6.67. The molecule has 10 heavy (non-hydrogen) atoms. The molecule has 1 rings (SSSR count). The first-order chi connectivity index (χ1) is 4.74. The van der Waals surface area contributed by atoms with E-state index in [0.29, 0.717) is 5.69 Å². The van der Waals surface area contributed by atoms with Crippen LogP contribution >= 0.6 is 0 Å². The molecule has 1 aromatic rings. The predicted molar refractivity (Wildman–Crippen MR) is 36.5 cm³/mol. The number of anilines is 1. The molecule has 0 spiro atoms. The summed E-state index contributed by atoms with van der Waals surface area (Å²) < 4.78 is 12.3. The zero-order valence-corrected chi connectivity index (χ0v) is 5.13. The highest BCUT2D eigenvalue weighted by atomic mass is 19.1. The molecule has 0 radical (unpaired) electrons. The molecule has 1 aromatic heterocycles. The van der Waals surface area contributed by atoms with Gasteiger partial charge in [0.05, 0.1) is 5.69 Å². The fourth-order valence-corrected chi connectivity index (χ4v) is 0.576. The Morgan fingerprint density at radius 2 is 2.30 bits per heavy atom. The summed E-state index contributed by atoms with van der Waals surface area (Å²) in [5.74, 6) is -0.618. The standard InChI is InChI=1S/C6H6FN3/c7-6-2-1-4(9)5(3-8)10-6/h1-3,8H,9H2. The minimum Gasteiger partial charge on any atom is -0.397 e. The van der Waals surface area contributed by atoms with E-state index >= 15 is 0 Å². The van der Waals surface area contributed by atoms with Crippen molar-refractivity contribution in [1.29, 1.82) is 5.41 Å². The van der Waals surface area contributed by atoms with E-state index in [1.165, 1.54) is 6.07 Å². The monoisotopic (exact) mass is 139 g/mol. The van der Waals surface area contributed by atoms with Crippen LogP contribution in [0.3, 0.4) is 0 Å². The molecule has 0 aliphatic carbocycles. The summed E-state index contributed by atoms with van der Waals surface area (Å²) in [6.07, 6.45) is 0.915. The largest absolute Gasteiger partial charge is 0.397 e. The van der Waals surface area contributed by atoms with E-state index in [0.717, 1.165) is 12.3 Å². The zero-order chi connectivity index (χ0) is 7.56. The predicted octanol–water partition coefficient (Wildman–Crippen LogP) is 0.801. The SMILES string of the molecule is N=Cc1nc(F)ccc1N. The maximum absolute atomic E-state index is 12.3. The van der Waals surface area contributed by atoms with Gasteiger partial charge >= 0.3 is 0 Å². The van der Waals surface area contributed by atoms with Crippen LogP contribution < -0.4 is 5.73 Å². The molecule has 0 saturated carbocycles. The third kappa shape index (κ3) is 1.10. The molecule has 0 bridgehead atoms. The highest BCUT2D eigenvalue weighted by molar-refractivity contribution is 5.81. The van der Waals surface area contributed by atoms with Gasteiger partial charge in [-0.2, -0.15) is 4.39 Å². The Labute approximate surface area is 57.2 Å². The molecule has 3 nitrogen and oxygen atoms in total. The Balaban J connectivity index is 3.21. The second kappa shape index (κ2) is 2.43.